The minimum atomic E-state index is -0.666. The van der Waals surface area contributed by atoms with Crippen LogP contribution in [0.25, 0.3) is 0 Å². The summed E-state index contributed by atoms with van der Waals surface area (Å²) in [5.41, 5.74) is 6.01. The number of para-hydroxylation sites is 1. The second kappa shape index (κ2) is 6.48. The molecular formula is C16H19N3O5. The van der Waals surface area contributed by atoms with E-state index in [1.807, 2.05) is 0 Å². The van der Waals surface area contributed by atoms with E-state index in [1.54, 1.807) is 25.1 Å². The Morgan fingerprint density at radius 2 is 2.17 bits per heavy atom. The Hall–Kier alpha value is -2.61. The minimum absolute atomic E-state index is 0.245. The Morgan fingerprint density at radius 3 is 2.88 bits per heavy atom. The predicted molar refractivity (Wildman–Crippen MR) is 84.6 cm³/mol. The molecule has 0 aliphatic carbocycles. The molecule has 8 heteroatoms. The third kappa shape index (κ3) is 3.18. The van der Waals surface area contributed by atoms with Crippen LogP contribution in [0.3, 0.4) is 0 Å². The molecule has 0 saturated carbocycles. The van der Waals surface area contributed by atoms with Crippen LogP contribution in [0.15, 0.2) is 18.2 Å². The van der Waals surface area contributed by atoms with E-state index in [0.29, 0.717) is 29.8 Å². The average Bonchev–Trinajstić information content (AvgIpc) is 3.02. The van der Waals surface area contributed by atoms with Crippen LogP contribution < -0.4 is 21.1 Å². The molecule has 24 heavy (non-hydrogen) atoms. The summed E-state index contributed by atoms with van der Waals surface area (Å²) in [6.07, 6.45) is -0.282. The normalized spacial score (nSPS) is 25.4. The monoisotopic (exact) mass is 333 g/mol. The standard InChI is InChI=1S/C16H19N3O5/c1-8-15(21)19-11-4-2-3-10(13(11)23-8)16(22)18-7-9-5-6-12(24-9)14(17)20/h2-4,8-9,12H,5-7H2,1H3,(H2,17,20)(H,18,22)(H,19,21)/t8-,9-,12-/m0/s1. The van der Waals surface area contributed by atoms with E-state index in [0.717, 1.165) is 0 Å². The number of hydrogen-bond donors (Lipinski definition) is 3. The molecule has 0 aromatic heterocycles. The molecule has 1 aromatic carbocycles. The summed E-state index contributed by atoms with van der Waals surface area (Å²) in [4.78, 5) is 35.1. The van der Waals surface area contributed by atoms with Crippen molar-refractivity contribution in [1.29, 1.82) is 0 Å². The van der Waals surface area contributed by atoms with Gasteiger partial charge in [-0.1, -0.05) is 6.07 Å². The third-order valence-electron chi connectivity index (χ3n) is 4.10. The number of rotatable bonds is 4. The van der Waals surface area contributed by atoms with E-state index in [2.05, 4.69) is 10.6 Å². The number of carbonyl (C=O) groups excluding carboxylic acids is 3. The number of hydrogen-bond acceptors (Lipinski definition) is 5. The van der Waals surface area contributed by atoms with E-state index in [4.69, 9.17) is 15.2 Å². The maximum atomic E-state index is 12.4. The second-order valence-corrected chi connectivity index (χ2v) is 5.87. The fourth-order valence-corrected chi connectivity index (χ4v) is 2.77. The molecule has 3 amide bonds. The first-order chi connectivity index (χ1) is 11.5. The Kier molecular flexibility index (Phi) is 4.39. The highest BCUT2D eigenvalue weighted by Crippen LogP contribution is 2.33. The van der Waals surface area contributed by atoms with Crippen LogP contribution in [0.2, 0.25) is 0 Å². The molecule has 0 unspecified atom stereocenters. The molecule has 2 aliphatic rings. The number of primary amides is 1. The van der Waals surface area contributed by atoms with Gasteiger partial charge in [-0.3, -0.25) is 14.4 Å². The molecule has 3 atom stereocenters. The molecule has 0 bridgehead atoms. The fraction of sp³-hybridized carbons (Fsp3) is 0.438. The first-order valence-corrected chi connectivity index (χ1v) is 7.79. The quantitative estimate of drug-likeness (QED) is 0.725. The van der Waals surface area contributed by atoms with Gasteiger partial charge in [-0.25, -0.2) is 0 Å². The van der Waals surface area contributed by atoms with E-state index < -0.39 is 18.1 Å². The molecule has 0 spiro atoms. The molecule has 0 radical (unpaired) electrons. The number of nitrogens with two attached hydrogens (primary N) is 1. The molecule has 3 rings (SSSR count). The molecule has 2 aliphatic heterocycles. The fourth-order valence-electron chi connectivity index (χ4n) is 2.77. The van der Waals surface area contributed by atoms with E-state index in [9.17, 15) is 14.4 Å². The van der Waals surface area contributed by atoms with Crippen molar-refractivity contribution in [2.24, 2.45) is 5.73 Å². The van der Waals surface area contributed by atoms with Gasteiger partial charge < -0.3 is 25.8 Å². The average molecular weight is 333 g/mol. The van der Waals surface area contributed by atoms with Crippen molar-refractivity contribution in [3.63, 3.8) is 0 Å². The summed E-state index contributed by atoms with van der Waals surface area (Å²) in [5, 5.41) is 5.47. The van der Waals surface area contributed by atoms with Gasteiger partial charge >= 0.3 is 0 Å². The van der Waals surface area contributed by atoms with E-state index in [-0.39, 0.29) is 24.5 Å². The second-order valence-electron chi connectivity index (χ2n) is 5.87. The third-order valence-corrected chi connectivity index (χ3v) is 4.10. The van der Waals surface area contributed by atoms with Crippen LogP contribution in [-0.4, -0.2) is 42.6 Å². The zero-order valence-electron chi connectivity index (χ0n) is 13.2. The maximum absolute atomic E-state index is 12.4. The van der Waals surface area contributed by atoms with Crippen molar-refractivity contribution < 1.29 is 23.9 Å². The lowest BCUT2D eigenvalue weighted by Crippen LogP contribution is -2.37. The number of amides is 3. The molecule has 2 heterocycles. The molecule has 8 nitrogen and oxygen atoms in total. The van der Waals surface area contributed by atoms with Crippen LogP contribution in [0, 0.1) is 0 Å². The van der Waals surface area contributed by atoms with Gasteiger partial charge in [0.25, 0.3) is 11.8 Å². The highest BCUT2D eigenvalue weighted by Gasteiger charge is 2.30. The number of benzene rings is 1. The molecule has 1 aromatic rings. The van der Waals surface area contributed by atoms with Gasteiger partial charge in [0.05, 0.1) is 17.4 Å². The van der Waals surface area contributed by atoms with Gasteiger partial charge in [-0.15, -0.1) is 0 Å². The zero-order chi connectivity index (χ0) is 17.3. The van der Waals surface area contributed by atoms with Crippen molar-refractivity contribution in [3.05, 3.63) is 23.8 Å². The lowest BCUT2D eigenvalue weighted by Gasteiger charge is -2.25. The molecular weight excluding hydrogens is 314 g/mol. The molecule has 1 fully saturated rings. The van der Waals surface area contributed by atoms with Crippen LogP contribution in [-0.2, 0) is 14.3 Å². The lowest BCUT2D eigenvalue weighted by atomic mass is 10.1. The van der Waals surface area contributed by atoms with Crippen molar-refractivity contribution in [2.75, 3.05) is 11.9 Å². The van der Waals surface area contributed by atoms with Gasteiger partial charge in [-0.05, 0) is 31.9 Å². The van der Waals surface area contributed by atoms with Gasteiger partial charge in [0.1, 0.15) is 6.10 Å². The van der Waals surface area contributed by atoms with Gasteiger partial charge in [0.15, 0.2) is 11.9 Å². The van der Waals surface area contributed by atoms with Gasteiger partial charge in [-0.2, -0.15) is 0 Å². The Balaban J connectivity index is 1.65. The zero-order valence-corrected chi connectivity index (χ0v) is 13.2. The largest absolute Gasteiger partial charge is 0.478 e. The molecule has 4 N–H and O–H groups in total. The Bertz CT molecular complexity index is 690. The first kappa shape index (κ1) is 16.3. The smallest absolute Gasteiger partial charge is 0.265 e. The highest BCUT2D eigenvalue weighted by atomic mass is 16.5. The number of fused-ring (bicyclic) bond motifs is 1. The summed E-state index contributed by atoms with van der Waals surface area (Å²) in [7, 11) is 0. The Labute approximate surface area is 138 Å². The first-order valence-electron chi connectivity index (χ1n) is 7.79. The summed E-state index contributed by atoms with van der Waals surface area (Å²) in [6, 6.07) is 4.97. The summed E-state index contributed by atoms with van der Waals surface area (Å²) in [5.74, 6) is -0.721. The van der Waals surface area contributed by atoms with E-state index in [1.165, 1.54) is 0 Å². The van der Waals surface area contributed by atoms with E-state index >= 15 is 0 Å². The van der Waals surface area contributed by atoms with Crippen LogP contribution >= 0.6 is 0 Å². The maximum Gasteiger partial charge on any atom is 0.265 e. The highest BCUT2D eigenvalue weighted by molar-refractivity contribution is 6.03. The topological polar surface area (TPSA) is 120 Å². The number of carbonyl (C=O) groups is 3. The van der Waals surface area contributed by atoms with Crippen molar-refractivity contribution in [2.45, 2.75) is 38.1 Å². The summed E-state index contributed by atoms with van der Waals surface area (Å²) >= 11 is 0. The van der Waals surface area contributed by atoms with Crippen molar-refractivity contribution >= 4 is 23.4 Å². The van der Waals surface area contributed by atoms with Crippen molar-refractivity contribution in [1.82, 2.24) is 5.32 Å². The van der Waals surface area contributed by atoms with Crippen LogP contribution in [0.4, 0.5) is 5.69 Å². The lowest BCUT2D eigenvalue weighted by molar-refractivity contribution is -0.128. The van der Waals surface area contributed by atoms with Crippen molar-refractivity contribution in [3.8, 4) is 5.75 Å². The number of anilines is 1. The van der Waals surface area contributed by atoms with Gasteiger partial charge in [0.2, 0.25) is 5.91 Å². The minimum Gasteiger partial charge on any atom is -0.478 e. The Morgan fingerprint density at radius 1 is 1.38 bits per heavy atom. The molecule has 1 saturated heterocycles. The van der Waals surface area contributed by atoms with Crippen LogP contribution in [0.5, 0.6) is 5.75 Å². The number of nitrogens with one attached hydrogen (secondary N) is 2. The number of ether oxygens (including phenoxy) is 2. The SMILES string of the molecule is C[C@@H]1Oc2c(cccc2C(=O)NC[C@@H]2CC[C@@H](C(N)=O)O2)NC1=O. The van der Waals surface area contributed by atoms with Gasteiger partial charge in [0, 0.05) is 6.54 Å². The summed E-state index contributed by atoms with van der Waals surface area (Å²) < 4.78 is 11.0. The molecule has 128 valence electrons. The summed E-state index contributed by atoms with van der Waals surface area (Å²) in [6.45, 7) is 1.89. The van der Waals surface area contributed by atoms with Crippen LogP contribution in [0.1, 0.15) is 30.1 Å². The predicted octanol–water partition coefficient (Wildman–Crippen LogP) is 0.169.